The molecule has 3 aliphatic carbocycles. The Morgan fingerprint density at radius 3 is 2.69 bits per heavy atom. The van der Waals surface area contributed by atoms with Crippen molar-refractivity contribution in [1.82, 2.24) is 0 Å². The highest BCUT2D eigenvalue weighted by Crippen LogP contribution is 2.63. The lowest BCUT2D eigenvalue weighted by molar-refractivity contribution is -0.208. The van der Waals surface area contributed by atoms with Crippen LogP contribution in [0, 0.1) is 17.3 Å². The molecule has 3 nitrogen and oxygen atoms in total. The van der Waals surface area contributed by atoms with Gasteiger partial charge in [-0.2, -0.15) is 0 Å². The van der Waals surface area contributed by atoms with E-state index in [2.05, 4.69) is 20.4 Å². The van der Waals surface area contributed by atoms with Crippen molar-refractivity contribution in [1.29, 1.82) is 0 Å². The van der Waals surface area contributed by atoms with Crippen LogP contribution in [0.3, 0.4) is 0 Å². The van der Waals surface area contributed by atoms with Crippen molar-refractivity contribution in [3.05, 3.63) is 12.6 Å². The van der Waals surface area contributed by atoms with E-state index in [9.17, 15) is 10.1 Å². The van der Waals surface area contributed by atoms with Crippen molar-refractivity contribution in [2.75, 3.05) is 6.61 Å². The molecule has 0 aromatic carbocycles. The van der Waals surface area contributed by atoms with Gasteiger partial charge in [-0.3, -0.25) is 0 Å². The van der Waals surface area contributed by atoms with Crippen molar-refractivity contribution < 1.29 is 14.8 Å². The van der Waals surface area contributed by atoms with Gasteiger partial charge in [0.1, 0.15) is 0 Å². The Kier molecular flexibility index (Phi) is 2.93. The van der Waals surface area contributed by atoms with Gasteiger partial charge in [0.2, 0.25) is 0 Å². The molecule has 0 saturated heterocycles. The second kappa shape index (κ2) is 3.86. The van der Waals surface area contributed by atoms with E-state index < -0.39 is 12.7 Å². The SMILES string of the molecule is C=CB(O)O[C@]1(CO)CC[C@H]2C[C@H]1C2(C)C. The molecule has 3 aliphatic rings. The normalized spacial score (nSPS) is 40.0. The number of rotatable bonds is 4. The summed E-state index contributed by atoms with van der Waals surface area (Å²) in [7, 11) is -0.972. The summed E-state index contributed by atoms with van der Waals surface area (Å²) in [6, 6.07) is 0. The van der Waals surface area contributed by atoms with Gasteiger partial charge in [0, 0.05) is 0 Å². The summed E-state index contributed by atoms with van der Waals surface area (Å²) in [6.45, 7) is 7.96. The van der Waals surface area contributed by atoms with E-state index in [1.54, 1.807) is 0 Å². The molecule has 16 heavy (non-hydrogen) atoms. The van der Waals surface area contributed by atoms with Gasteiger partial charge in [0.25, 0.3) is 0 Å². The van der Waals surface area contributed by atoms with Gasteiger partial charge in [-0.1, -0.05) is 19.8 Å². The number of fused-ring (bicyclic) bond motifs is 2. The maximum Gasteiger partial charge on any atom is 0.483 e. The standard InChI is InChI=1S/C12H21BO3/c1-4-13(15)16-12(8-14)6-5-9-7-10(12)11(9,2)3/h4,9-10,14-15H,1,5-8H2,2-3H3/t9-,10-,12-/m0/s1. The van der Waals surface area contributed by atoms with E-state index in [0.29, 0.717) is 5.92 Å². The lowest BCUT2D eigenvalue weighted by Gasteiger charge is -2.64. The smallest absolute Gasteiger partial charge is 0.423 e. The molecule has 3 fully saturated rings. The molecule has 0 aliphatic heterocycles. The Bertz CT molecular complexity index is 290. The molecule has 2 bridgehead atoms. The maximum absolute atomic E-state index is 9.64. The van der Waals surface area contributed by atoms with Crippen LogP contribution >= 0.6 is 0 Å². The molecular weight excluding hydrogens is 203 g/mol. The molecule has 0 aromatic rings. The van der Waals surface area contributed by atoms with E-state index in [1.165, 1.54) is 5.98 Å². The third-order valence-electron chi connectivity index (χ3n) is 4.85. The fourth-order valence-electron chi connectivity index (χ4n) is 3.65. The van der Waals surface area contributed by atoms with Crippen LogP contribution in [0.2, 0.25) is 0 Å². The van der Waals surface area contributed by atoms with E-state index in [4.69, 9.17) is 4.65 Å². The predicted molar refractivity (Wildman–Crippen MR) is 63.7 cm³/mol. The summed E-state index contributed by atoms with van der Waals surface area (Å²) in [5, 5.41) is 19.2. The van der Waals surface area contributed by atoms with Crippen molar-refractivity contribution in [2.24, 2.45) is 17.3 Å². The Morgan fingerprint density at radius 1 is 1.56 bits per heavy atom. The van der Waals surface area contributed by atoms with Crippen molar-refractivity contribution >= 4 is 7.12 Å². The highest BCUT2D eigenvalue weighted by molar-refractivity contribution is 6.49. The zero-order valence-corrected chi connectivity index (χ0v) is 10.1. The third-order valence-corrected chi connectivity index (χ3v) is 4.85. The molecular formula is C12H21BO3. The van der Waals surface area contributed by atoms with E-state index in [1.807, 2.05) is 0 Å². The van der Waals surface area contributed by atoms with Crippen LogP contribution < -0.4 is 0 Å². The lowest BCUT2D eigenvalue weighted by Crippen LogP contribution is -2.65. The first-order valence-corrected chi connectivity index (χ1v) is 6.05. The molecule has 4 heteroatoms. The molecule has 3 atom stereocenters. The van der Waals surface area contributed by atoms with Gasteiger partial charge in [-0.15, -0.1) is 6.58 Å². The Morgan fingerprint density at radius 2 is 2.25 bits per heavy atom. The fraction of sp³-hybridized carbons (Fsp3) is 0.833. The van der Waals surface area contributed by atoms with Gasteiger partial charge in [-0.05, 0) is 36.5 Å². The van der Waals surface area contributed by atoms with E-state index in [0.717, 1.165) is 25.2 Å². The van der Waals surface area contributed by atoms with Crippen LogP contribution in [0.5, 0.6) is 0 Å². The molecule has 0 radical (unpaired) electrons. The summed E-state index contributed by atoms with van der Waals surface area (Å²) >= 11 is 0. The quantitative estimate of drug-likeness (QED) is 0.709. The van der Waals surface area contributed by atoms with Crippen LogP contribution in [-0.4, -0.2) is 29.5 Å². The van der Waals surface area contributed by atoms with Crippen molar-refractivity contribution in [3.63, 3.8) is 0 Å². The van der Waals surface area contributed by atoms with Gasteiger partial charge in [-0.25, -0.2) is 0 Å². The van der Waals surface area contributed by atoms with Crippen LogP contribution in [0.25, 0.3) is 0 Å². The predicted octanol–water partition coefficient (Wildman–Crippen LogP) is 1.40. The topological polar surface area (TPSA) is 49.7 Å². The van der Waals surface area contributed by atoms with Crippen LogP contribution in [0.1, 0.15) is 33.1 Å². The van der Waals surface area contributed by atoms with Gasteiger partial charge >= 0.3 is 7.12 Å². The summed E-state index contributed by atoms with van der Waals surface area (Å²) in [6.07, 6.45) is 3.03. The van der Waals surface area contributed by atoms with Crippen LogP contribution in [-0.2, 0) is 4.65 Å². The Hall–Kier alpha value is -0.315. The molecule has 0 aromatic heterocycles. The average molecular weight is 224 g/mol. The highest BCUT2D eigenvalue weighted by Gasteiger charge is 2.61. The maximum atomic E-state index is 9.64. The first-order valence-electron chi connectivity index (χ1n) is 6.05. The minimum Gasteiger partial charge on any atom is -0.423 e. The summed E-state index contributed by atoms with van der Waals surface area (Å²) in [5.74, 6) is 2.47. The van der Waals surface area contributed by atoms with Gasteiger partial charge < -0.3 is 14.8 Å². The molecule has 0 heterocycles. The zero-order valence-electron chi connectivity index (χ0n) is 10.1. The molecule has 0 spiro atoms. The second-order valence-corrected chi connectivity index (χ2v) is 5.81. The first kappa shape index (κ1) is 12.2. The van der Waals surface area contributed by atoms with E-state index in [-0.39, 0.29) is 12.0 Å². The summed E-state index contributed by atoms with van der Waals surface area (Å²) in [4.78, 5) is 0. The van der Waals surface area contributed by atoms with Gasteiger partial charge in [0.05, 0.1) is 12.2 Å². The Balaban J connectivity index is 2.17. The number of aliphatic hydroxyl groups is 1. The molecule has 3 saturated carbocycles. The molecule has 90 valence electrons. The largest absolute Gasteiger partial charge is 0.483 e. The zero-order chi connectivity index (χ0) is 12.0. The molecule has 0 amide bonds. The van der Waals surface area contributed by atoms with E-state index >= 15 is 0 Å². The fourth-order valence-corrected chi connectivity index (χ4v) is 3.65. The number of aliphatic hydroxyl groups excluding tert-OH is 1. The number of hydrogen-bond acceptors (Lipinski definition) is 3. The van der Waals surface area contributed by atoms with Crippen molar-refractivity contribution in [2.45, 2.75) is 38.7 Å². The monoisotopic (exact) mass is 224 g/mol. The molecule has 0 unspecified atom stereocenters. The lowest BCUT2D eigenvalue weighted by atomic mass is 9.44. The highest BCUT2D eigenvalue weighted by atomic mass is 16.5. The minimum absolute atomic E-state index is 0.0152. The summed E-state index contributed by atoms with van der Waals surface area (Å²) < 4.78 is 5.65. The average Bonchev–Trinajstić information content (AvgIpc) is 2.28. The second-order valence-electron chi connectivity index (χ2n) is 5.81. The van der Waals surface area contributed by atoms with Crippen molar-refractivity contribution in [3.8, 4) is 0 Å². The third kappa shape index (κ3) is 1.55. The van der Waals surface area contributed by atoms with Crippen LogP contribution in [0.4, 0.5) is 0 Å². The minimum atomic E-state index is -0.972. The van der Waals surface area contributed by atoms with Gasteiger partial charge in [0.15, 0.2) is 0 Å². The summed E-state index contributed by atoms with van der Waals surface area (Å²) in [5.41, 5.74) is -0.340. The number of hydrogen-bond donors (Lipinski definition) is 2. The Labute approximate surface area is 97.6 Å². The van der Waals surface area contributed by atoms with Crippen LogP contribution in [0.15, 0.2) is 12.6 Å². The first-order chi connectivity index (χ1) is 7.46. The molecule has 3 rings (SSSR count). The molecule has 2 N–H and O–H groups in total.